The molecule has 0 spiro atoms. The third-order valence-electron chi connectivity index (χ3n) is 4.82. The molecule has 2 N–H and O–H groups in total. The lowest BCUT2D eigenvalue weighted by atomic mass is 10.0. The maximum absolute atomic E-state index is 13.1. The van der Waals surface area contributed by atoms with Gasteiger partial charge in [-0.1, -0.05) is 32.0 Å². The molecular weight excluding hydrogens is 397 g/mol. The molecule has 0 saturated heterocycles. The second-order valence-corrected chi connectivity index (χ2v) is 7.55. The van der Waals surface area contributed by atoms with Crippen molar-refractivity contribution < 1.29 is 14.0 Å². The van der Waals surface area contributed by atoms with Gasteiger partial charge in [0.2, 0.25) is 5.91 Å². The number of nitrogens with one attached hydrogen (secondary N) is 2. The summed E-state index contributed by atoms with van der Waals surface area (Å²) in [5.74, 6) is -1.39. The first-order chi connectivity index (χ1) is 14.8. The molecule has 0 radical (unpaired) electrons. The number of pyridine rings is 1. The molecule has 3 aromatic rings. The topological polar surface area (TPSA) is 80.2 Å². The molecule has 3 rings (SSSR count). The number of carbonyl (C=O) groups excluding carboxylic acids is 2. The predicted molar refractivity (Wildman–Crippen MR) is 117 cm³/mol. The third-order valence-corrected chi connectivity index (χ3v) is 4.82. The van der Waals surface area contributed by atoms with Crippen molar-refractivity contribution in [2.45, 2.75) is 26.4 Å². The number of nitrogens with zero attached hydrogens (tertiary/aromatic N) is 1. The van der Waals surface area contributed by atoms with Crippen LogP contribution in [0, 0.1) is 11.7 Å². The molecule has 0 aliphatic heterocycles. The Hall–Kier alpha value is -3.74. The summed E-state index contributed by atoms with van der Waals surface area (Å²) in [6, 6.07) is 16.5. The number of benzene rings is 2. The second-order valence-electron chi connectivity index (χ2n) is 7.55. The highest BCUT2D eigenvalue weighted by Gasteiger charge is 2.24. The van der Waals surface area contributed by atoms with Crippen molar-refractivity contribution >= 4 is 17.5 Å². The lowest BCUT2D eigenvalue weighted by molar-refractivity contribution is -0.118. The average Bonchev–Trinajstić information content (AvgIpc) is 2.75. The van der Waals surface area contributed by atoms with Gasteiger partial charge < -0.3 is 15.2 Å². The second kappa shape index (κ2) is 9.84. The summed E-state index contributed by atoms with van der Waals surface area (Å²) >= 11 is 0. The first-order valence-electron chi connectivity index (χ1n) is 9.95. The molecule has 7 heteroatoms. The molecule has 0 saturated carbocycles. The van der Waals surface area contributed by atoms with Crippen LogP contribution in [0.3, 0.4) is 0 Å². The van der Waals surface area contributed by atoms with Crippen molar-refractivity contribution in [2.75, 3.05) is 5.32 Å². The lowest BCUT2D eigenvalue weighted by Gasteiger charge is -2.22. The van der Waals surface area contributed by atoms with Gasteiger partial charge in [-0.2, -0.15) is 0 Å². The van der Waals surface area contributed by atoms with Gasteiger partial charge in [0.1, 0.15) is 11.9 Å². The molecule has 1 unspecified atom stereocenters. The number of hydrogen-bond acceptors (Lipinski definition) is 3. The summed E-state index contributed by atoms with van der Waals surface area (Å²) in [5, 5.41) is 5.52. The van der Waals surface area contributed by atoms with Crippen molar-refractivity contribution in [1.29, 1.82) is 0 Å². The maximum atomic E-state index is 13.1. The molecule has 160 valence electrons. The minimum absolute atomic E-state index is 0.0865. The summed E-state index contributed by atoms with van der Waals surface area (Å²) in [6.45, 7) is 4.09. The average molecular weight is 421 g/mol. The van der Waals surface area contributed by atoms with Crippen molar-refractivity contribution in [3.63, 3.8) is 0 Å². The zero-order valence-electron chi connectivity index (χ0n) is 17.3. The predicted octanol–water partition coefficient (Wildman–Crippen LogP) is 3.43. The van der Waals surface area contributed by atoms with Gasteiger partial charge in [0.15, 0.2) is 0 Å². The zero-order chi connectivity index (χ0) is 22.4. The SMILES string of the molecule is CC(C)C(NC(=O)c1ccc(F)cc1)C(=O)Nc1ccc(Cn2ccccc2=O)cc1. The number of carbonyl (C=O) groups is 2. The van der Waals surface area contributed by atoms with Gasteiger partial charge in [0.25, 0.3) is 11.5 Å². The van der Waals surface area contributed by atoms with Crippen LogP contribution in [-0.4, -0.2) is 22.4 Å². The fraction of sp³-hybridized carbons (Fsp3) is 0.208. The van der Waals surface area contributed by atoms with E-state index in [0.717, 1.165) is 5.56 Å². The molecule has 2 aromatic carbocycles. The van der Waals surface area contributed by atoms with E-state index in [4.69, 9.17) is 0 Å². The highest BCUT2D eigenvalue weighted by molar-refractivity contribution is 6.01. The number of halogens is 1. The van der Waals surface area contributed by atoms with Gasteiger partial charge in [-0.15, -0.1) is 0 Å². The minimum atomic E-state index is -0.764. The quantitative estimate of drug-likeness (QED) is 0.613. The summed E-state index contributed by atoms with van der Waals surface area (Å²) < 4.78 is 14.7. The number of hydrogen-bond donors (Lipinski definition) is 2. The van der Waals surface area contributed by atoms with E-state index in [-0.39, 0.29) is 22.9 Å². The largest absolute Gasteiger partial charge is 0.340 e. The normalized spacial score (nSPS) is 11.7. The highest BCUT2D eigenvalue weighted by Crippen LogP contribution is 2.13. The van der Waals surface area contributed by atoms with E-state index in [1.807, 2.05) is 26.0 Å². The molecule has 1 heterocycles. The van der Waals surface area contributed by atoms with Crippen LogP contribution in [0.1, 0.15) is 29.8 Å². The third kappa shape index (κ3) is 5.88. The molecule has 0 bridgehead atoms. The molecular formula is C24H24FN3O3. The van der Waals surface area contributed by atoms with Crippen molar-refractivity contribution in [1.82, 2.24) is 9.88 Å². The van der Waals surface area contributed by atoms with Gasteiger partial charge in [-0.25, -0.2) is 4.39 Å². The fourth-order valence-electron chi connectivity index (χ4n) is 3.06. The van der Waals surface area contributed by atoms with Crippen LogP contribution in [-0.2, 0) is 11.3 Å². The van der Waals surface area contributed by atoms with Crippen molar-refractivity contribution in [3.05, 3.63) is 100 Å². The Balaban J connectivity index is 1.65. The van der Waals surface area contributed by atoms with E-state index in [2.05, 4.69) is 10.6 Å². The number of rotatable bonds is 7. The van der Waals surface area contributed by atoms with Crippen LogP contribution in [0.15, 0.2) is 77.7 Å². The molecule has 1 atom stereocenters. The van der Waals surface area contributed by atoms with Crippen LogP contribution >= 0.6 is 0 Å². The van der Waals surface area contributed by atoms with Crippen LogP contribution < -0.4 is 16.2 Å². The van der Waals surface area contributed by atoms with Gasteiger partial charge >= 0.3 is 0 Å². The Bertz CT molecular complexity index is 1110. The molecule has 0 fully saturated rings. The number of aromatic nitrogens is 1. The summed E-state index contributed by atoms with van der Waals surface area (Å²) in [6.07, 6.45) is 1.72. The molecule has 6 nitrogen and oxygen atoms in total. The molecule has 0 aliphatic carbocycles. The van der Waals surface area contributed by atoms with Crippen LogP contribution in [0.5, 0.6) is 0 Å². The molecule has 1 aromatic heterocycles. The zero-order valence-corrected chi connectivity index (χ0v) is 17.3. The van der Waals surface area contributed by atoms with E-state index < -0.39 is 17.8 Å². The number of anilines is 1. The maximum Gasteiger partial charge on any atom is 0.251 e. The lowest BCUT2D eigenvalue weighted by Crippen LogP contribution is -2.47. The van der Waals surface area contributed by atoms with E-state index >= 15 is 0 Å². The summed E-state index contributed by atoms with van der Waals surface area (Å²) in [5.41, 5.74) is 1.68. The summed E-state index contributed by atoms with van der Waals surface area (Å²) in [7, 11) is 0. The van der Waals surface area contributed by atoms with Gasteiger partial charge in [-0.3, -0.25) is 14.4 Å². The van der Waals surface area contributed by atoms with E-state index in [1.54, 1.807) is 35.0 Å². The van der Waals surface area contributed by atoms with E-state index in [0.29, 0.717) is 12.2 Å². The van der Waals surface area contributed by atoms with E-state index in [1.165, 1.54) is 30.3 Å². The fourth-order valence-corrected chi connectivity index (χ4v) is 3.06. The van der Waals surface area contributed by atoms with Crippen LogP contribution in [0.2, 0.25) is 0 Å². The minimum Gasteiger partial charge on any atom is -0.340 e. The highest BCUT2D eigenvalue weighted by atomic mass is 19.1. The van der Waals surface area contributed by atoms with Crippen molar-refractivity contribution in [3.8, 4) is 0 Å². The Labute approximate surface area is 179 Å². The van der Waals surface area contributed by atoms with Crippen molar-refractivity contribution in [2.24, 2.45) is 5.92 Å². The first kappa shape index (κ1) is 22.0. The van der Waals surface area contributed by atoms with Gasteiger partial charge in [0.05, 0.1) is 6.54 Å². The number of amides is 2. The van der Waals surface area contributed by atoms with Gasteiger partial charge in [-0.05, 0) is 53.9 Å². The molecule has 31 heavy (non-hydrogen) atoms. The first-order valence-corrected chi connectivity index (χ1v) is 9.95. The molecule has 2 amide bonds. The van der Waals surface area contributed by atoms with Gasteiger partial charge in [0, 0.05) is 23.5 Å². The van der Waals surface area contributed by atoms with Crippen LogP contribution in [0.25, 0.3) is 0 Å². The van der Waals surface area contributed by atoms with Crippen LogP contribution in [0.4, 0.5) is 10.1 Å². The Kier molecular flexibility index (Phi) is 6.97. The monoisotopic (exact) mass is 421 g/mol. The standard InChI is InChI=1S/C24H24FN3O3/c1-16(2)22(27-23(30)18-8-10-19(25)11-9-18)24(31)26-20-12-6-17(7-13-20)15-28-14-4-3-5-21(28)29/h3-14,16,22H,15H2,1-2H3,(H,26,31)(H,27,30). The smallest absolute Gasteiger partial charge is 0.251 e. The summed E-state index contributed by atoms with van der Waals surface area (Å²) in [4.78, 5) is 37.0. The Morgan fingerprint density at radius 3 is 2.26 bits per heavy atom. The van der Waals surface area contributed by atoms with E-state index in [9.17, 15) is 18.8 Å². The Morgan fingerprint density at radius 2 is 1.65 bits per heavy atom. The molecule has 0 aliphatic rings. The Morgan fingerprint density at radius 1 is 0.968 bits per heavy atom.